The van der Waals surface area contributed by atoms with Gasteiger partial charge in [-0.25, -0.2) is 4.98 Å². The maximum Gasteiger partial charge on any atom is 0.213 e. The predicted octanol–water partition coefficient (Wildman–Crippen LogP) is 2.38. The highest BCUT2D eigenvalue weighted by Crippen LogP contribution is 2.02. The molecular weight excluding hydrogens is 293 g/mol. The van der Waals surface area contributed by atoms with E-state index in [1.165, 1.54) is 12.3 Å². The lowest BCUT2D eigenvalue weighted by molar-refractivity contribution is 0.102. The molecule has 0 aliphatic carbocycles. The summed E-state index contributed by atoms with van der Waals surface area (Å²) < 4.78 is 12.4. The monoisotopic (exact) mass is 297 g/mol. The van der Waals surface area contributed by atoms with Crippen LogP contribution in [0.2, 0.25) is 0 Å². The molecule has 0 amide bonds. The van der Waals surface area contributed by atoms with Crippen molar-refractivity contribution < 1.29 is 9.18 Å². The maximum absolute atomic E-state index is 12.4. The summed E-state index contributed by atoms with van der Waals surface area (Å²) in [6.07, 6.45) is 1.27. The van der Waals surface area contributed by atoms with E-state index in [1.807, 2.05) is 0 Å². The summed E-state index contributed by atoms with van der Waals surface area (Å²) in [5, 5.41) is 0.205. The average Bonchev–Trinajstić information content (AvgIpc) is 2.03. The molecule has 1 aromatic rings. The van der Waals surface area contributed by atoms with Crippen molar-refractivity contribution in [1.82, 2.24) is 4.98 Å². The van der Waals surface area contributed by atoms with Crippen LogP contribution in [0.1, 0.15) is 10.4 Å². The van der Waals surface area contributed by atoms with Gasteiger partial charge in [0.2, 0.25) is 5.95 Å². The highest BCUT2D eigenvalue weighted by molar-refractivity contribution is 9.09. The number of halogens is 3. The van der Waals surface area contributed by atoms with Crippen LogP contribution in [0.25, 0.3) is 0 Å². The molecule has 0 atom stereocenters. The summed E-state index contributed by atoms with van der Waals surface area (Å²) in [7, 11) is 0. The lowest BCUT2D eigenvalue weighted by atomic mass is 10.2. The normalized spacial score (nSPS) is 8.83. The van der Waals surface area contributed by atoms with Crippen molar-refractivity contribution in [3.8, 4) is 0 Å². The van der Waals surface area contributed by atoms with Crippen LogP contribution < -0.4 is 0 Å². The minimum absolute atomic E-state index is 0. The zero-order valence-electron chi connectivity index (χ0n) is 5.96. The van der Waals surface area contributed by atoms with E-state index in [2.05, 4.69) is 20.9 Å². The van der Waals surface area contributed by atoms with Crippen LogP contribution in [0.3, 0.4) is 0 Å². The highest BCUT2D eigenvalue weighted by atomic mass is 79.9. The second-order valence-corrected chi connectivity index (χ2v) is 2.48. The number of hydrogen-bond acceptors (Lipinski definition) is 2. The van der Waals surface area contributed by atoms with Crippen molar-refractivity contribution in [2.24, 2.45) is 0 Å². The van der Waals surface area contributed by atoms with Gasteiger partial charge in [-0.15, -0.1) is 17.0 Å². The highest BCUT2D eigenvalue weighted by Gasteiger charge is 2.03. The standard InChI is InChI=1S/C7H5BrFNO.BrH/c8-4-6(11)5-1-2-10-7(9)3-5;/h1-3H,4H2;1H. The first-order valence-corrected chi connectivity index (χ1v) is 4.07. The smallest absolute Gasteiger partial charge is 0.213 e. The Morgan fingerprint density at radius 3 is 2.83 bits per heavy atom. The van der Waals surface area contributed by atoms with Gasteiger partial charge in [0.15, 0.2) is 5.78 Å². The minimum atomic E-state index is -0.628. The Labute approximate surface area is 88.1 Å². The number of ketones is 1. The third-order valence-corrected chi connectivity index (χ3v) is 1.68. The van der Waals surface area contributed by atoms with E-state index in [0.29, 0.717) is 5.56 Å². The molecule has 1 aromatic heterocycles. The predicted molar refractivity (Wildman–Crippen MR) is 52.6 cm³/mol. The third kappa shape index (κ3) is 2.98. The van der Waals surface area contributed by atoms with Gasteiger partial charge in [0, 0.05) is 17.8 Å². The van der Waals surface area contributed by atoms with Crippen LogP contribution >= 0.6 is 32.9 Å². The SMILES string of the molecule is Br.O=C(CBr)c1ccnc(F)c1. The van der Waals surface area contributed by atoms with Gasteiger partial charge in [-0.3, -0.25) is 4.79 Å². The van der Waals surface area contributed by atoms with Gasteiger partial charge in [-0.2, -0.15) is 4.39 Å². The Balaban J connectivity index is 0.00000121. The zero-order chi connectivity index (χ0) is 8.27. The molecule has 5 heteroatoms. The molecule has 0 N–H and O–H groups in total. The molecule has 0 aromatic carbocycles. The number of Topliss-reactive ketones (excluding diaryl/α,β-unsaturated/α-hetero) is 1. The molecule has 0 fully saturated rings. The van der Waals surface area contributed by atoms with Crippen LogP contribution in [0.15, 0.2) is 18.3 Å². The van der Waals surface area contributed by atoms with Crippen molar-refractivity contribution in [2.45, 2.75) is 0 Å². The van der Waals surface area contributed by atoms with Crippen LogP contribution in [0, 0.1) is 5.95 Å². The summed E-state index contributed by atoms with van der Waals surface area (Å²) in [5.41, 5.74) is 0.342. The number of carbonyl (C=O) groups is 1. The van der Waals surface area contributed by atoms with Gasteiger partial charge in [-0.1, -0.05) is 15.9 Å². The molecule has 0 aliphatic rings. The number of aromatic nitrogens is 1. The first-order valence-electron chi connectivity index (χ1n) is 2.95. The summed E-state index contributed by atoms with van der Waals surface area (Å²) >= 11 is 2.98. The second-order valence-electron chi connectivity index (χ2n) is 1.92. The van der Waals surface area contributed by atoms with Crippen molar-refractivity contribution in [2.75, 3.05) is 5.33 Å². The van der Waals surface area contributed by atoms with Crippen molar-refractivity contribution >= 4 is 38.7 Å². The number of nitrogens with zero attached hydrogens (tertiary/aromatic N) is 1. The van der Waals surface area contributed by atoms with E-state index in [1.54, 1.807) is 0 Å². The molecule has 0 bridgehead atoms. The lowest BCUT2D eigenvalue weighted by Gasteiger charge is -1.94. The quantitative estimate of drug-likeness (QED) is 0.477. The van der Waals surface area contributed by atoms with Gasteiger partial charge < -0.3 is 0 Å². The zero-order valence-corrected chi connectivity index (χ0v) is 9.26. The Hall–Kier alpha value is -0.290. The molecule has 1 heterocycles. The topological polar surface area (TPSA) is 30.0 Å². The summed E-state index contributed by atoms with van der Waals surface area (Å²) in [4.78, 5) is 14.2. The fourth-order valence-corrected chi connectivity index (χ4v) is 0.977. The number of carbonyl (C=O) groups excluding carboxylic acids is 1. The summed E-state index contributed by atoms with van der Waals surface area (Å²) in [6, 6.07) is 2.59. The van der Waals surface area contributed by atoms with Crippen LogP contribution in [-0.4, -0.2) is 16.1 Å². The van der Waals surface area contributed by atoms with Gasteiger partial charge in [0.1, 0.15) is 0 Å². The number of alkyl halides is 1. The average molecular weight is 299 g/mol. The maximum atomic E-state index is 12.4. The van der Waals surface area contributed by atoms with E-state index >= 15 is 0 Å². The largest absolute Gasteiger partial charge is 0.293 e. The van der Waals surface area contributed by atoms with Gasteiger partial charge in [0.25, 0.3) is 0 Å². The van der Waals surface area contributed by atoms with Crippen LogP contribution in [0.4, 0.5) is 4.39 Å². The van der Waals surface area contributed by atoms with Gasteiger partial charge >= 0.3 is 0 Å². The Kier molecular flexibility index (Phi) is 5.24. The molecule has 12 heavy (non-hydrogen) atoms. The summed E-state index contributed by atoms with van der Waals surface area (Å²) in [6.45, 7) is 0. The fraction of sp³-hybridized carbons (Fsp3) is 0.143. The van der Waals surface area contributed by atoms with E-state index in [-0.39, 0.29) is 28.1 Å². The van der Waals surface area contributed by atoms with Crippen LogP contribution in [0.5, 0.6) is 0 Å². The van der Waals surface area contributed by atoms with E-state index < -0.39 is 5.95 Å². The molecule has 0 spiro atoms. The molecule has 0 saturated carbocycles. The number of pyridine rings is 1. The molecule has 66 valence electrons. The molecule has 0 unspecified atom stereocenters. The van der Waals surface area contributed by atoms with Gasteiger partial charge in [0.05, 0.1) is 5.33 Å². The first kappa shape index (κ1) is 11.7. The minimum Gasteiger partial charge on any atom is -0.293 e. The molecule has 2 nitrogen and oxygen atoms in total. The molecule has 0 saturated heterocycles. The Bertz CT molecular complexity index is 280. The molecule has 0 aliphatic heterocycles. The van der Waals surface area contributed by atoms with E-state index in [9.17, 15) is 9.18 Å². The van der Waals surface area contributed by atoms with Crippen LogP contribution in [-0.2, 0) is 0 Å². The molecule has 0 radical (unpaired) electrons. The van der Waals surface area contributed by atoms with Crippen molar-refractivity contribution in [3.63, 3.8) is 0 Å². The van der Waals surface area contributed by atoms with Gasteiger partial charge in [-0.05, 0) is 6.07 Å². The number of hydrogen-bond donors (Lipinski definition) is 0. The Morgan fingerprint density at radius 1 is 1.67 bits per heavy atom. The lowest BCUT2D eigenvalue weighted by Crippen LogP contribution is -2.00. The van der Waals surface area contributed by atoms with Crippen molar-refractivity contribution in [1.29, 1.82) is 0 Å². The van der Waals surface area contributed by atoms with E-state index in [0.717, 1.165) is 6.07 Å². The van der Waals surface area contributed by atoms with Crippen molar-refractivity contribution in [3.05, 3.63) is 29.8 Å². The first-order chi connectivity index (χ1) is 5.24. The van der Waals surface area contributed by atoms with E-state index in [4.69, 9.17) is 0 Å². The third-order valence-electron chi connectivity index (χ3n) is 1.17. The Morgan fingerprint density at radius 2 is 2.33 bits per heavy atom. The second kappa shape index (κ2) is 5.37. The summed E-state index contributed by atoms with van der Waals surface area (Å²) in [5.74, 6) is -0.775. The fourth-order valence-electron chi connectivity index (χ4n) is 0.653. The molecule has 1 rings (SSSR count). The number of rotatable bonds is 2. The molecular formula is C7H6Br2FNO.